The largest absolute Gasteiger partial charge is 0.460 e. The fourth-order valence-electron chi connectivity index (χ4n) is 8.96. The third-order valence-electron chi connectivity index (χ3n) is 11.4. The zero-order valence-corrected chi connectivity index (χ0v) is 32.7. The highest BCUT2D eigenvalue weighted by Gasteiger charge is 2.61. The van der Waals surface area contributed by atoms with Crippen molar-refractivity contribution >= 4 is 41.9 Å². The van der Waals surface area contributed by atoms with Gasteiger partial charge in [-0.3, -0.25) is 28.7 Å². The third kappa shape index (κ3) is 9.71. The lowest BCUT2D eigenvalue weighted by molar-refractivity contribution is -0.168. The van der Waals surface area contributed by atoms with E-state index in [1.165, 1.54) is 7.11 Å². The van der Waals surface area contributed by atoms with E-state index in [9.17, 15) is 24.0 Å². The van der Waals surface area contributed by atoms with Gasteiger partial charge in [0.25, 0.3) is 5.91 Å². The van der Waals surface area contributed by atoms with Gasteiger partial charge in [0, 0.05) is 6.54 Å². The van der Waals surface area contributed by atoms with Crippen LogP contribution in [0.4, 0.5) is 0 Å². The van der Waals surface area contributed by atoms with E-state index in [0.29, 0.717) is 35.9 Å². The van der Waals surface area contributed by atoms with Crippen molar-refractivity contribution in [2.24, 2.45) is 71.0 Å². The first-order valence-corrected chi connectivity index (χ1v) is 18.7. The SMILES string of the molecule is CC1C(C)C2CC1C(C(=O)NCCO)C2C(=O)OC(C)(C)C.COOSNC(=O)C(C)NC(=O)C1C2CC(C(C)C2C)C1C(=O)OC(C)(C)C. The second kappa shape index (κ2) is 16.9. The van der Waals surface area contributed by atoms with E-state index in [-0.39, 0.29) is 72.4 Å². The van der Waals surface area contributed by atoms with Gasteiger partial charge >= 0.3 is 11.9 Å². The lowest BCUT2D eigenvalue weighted by Crippen LogP contribution is -2.51. The van der Waals surface area contributed by atoms with Crippen LogP contribution in [-0.2, 0) is 42.7 Å². The van der Waals surface area contributed by atoms with Crippen LogP contribution in [0, 0.1) is 71.0 Å². The minimum atomic E-state index is -0.772. The predicted octanol–water partition coefficient (Wildman–Crippen LogP) is 3.84. The molecule has 0 aromatic heterocycles. The van der Waals surface area contributed by atoms with E-state index < -0.39 is 35.0 Å². The topological polar surface area (TPSA) is 179 Å². The van der Waals surface area contributed by atoms with Gasteiger partial charge in [0.15, 0.2) is 12.2 Å². The number of ether oxygens (including phenoxy) is 2. The van der Waals surface area contributed by atoms with Crippen LogP contribution >= 0.6 is 12.2 Å². The van der Waals surface area contributed by atoms with Crippen molar-refractivity contribution in [1.29, 1.82) is 0 Å². The molecule has 4 rings (SSSR count). The minimum Gasteiger partial charge on any atom is -0.460 e. The molecule has 4 saturated carbocycles. The average molecular weight is 728 g/mol. The highest BCUT2D eigenvalue weighted by molar-refractivity contribution is 7.93. The van der Waals surface area contributed by atoms with Crippen molar-refractivity contribution in [1.82, 2.24) is 15.4 Å². The minimum absolute atomic E-state index is 0.0877. The standard InChI is InChI=1S/C19H32N2O6S.C17H29NO4/c1-9-10(2)13-8-12(9)14(15(13)18(24)26-19(4,5)6)17(23)20-11(3)16(22)21-28-27-25-7;1-9-10(2)12-8-11(9)13(15(20)18-6-7-19)14(12)16(21)22-17(3,4)5/h9-15H,8H2,1-7H3,(H,20,23)(H,21,22);9-14,19H,6-8H2,1-5H3,(H,18,20). The van der Waals surface area contributed by atoms with Crippen LogP contribution in [0.5, 0.6) is 0 Å². The Labute approximate surface area is 302 Å². The molecule has 50 heavy (non-hydrogen) atoms. The Bertz CT molecular complexity index is 1240. The zero-order valence-electron chi connectivity index (χ0n) is 31.9. The maximum absolute atomic E-state index is 13.1. The first-order valence-electron chi connectivity index (χ1n) is 18.0. The Morgan fingerprint density at radius 3 is 1.50 bits per heavy atom. The predicted molar refractivity (Wildman–Crippen MR) is 187 cm³/mol. The first kappa shape index (κ1) is 42.0. The molecule has 0 heterocycles. The summed E-state index contributed by atoms with van der Waals surface area (Å²) in [6.07, 6.45) is 1.76. The summed E-state index contributed by atoms with van der Waals surface area (Å²) in [5.74, 6) is -0.750. The van der Waals surface area contributed by atoms with Crippen LogP contribution in [0.2, 0.25) is 0 Å². The summed E-state index contributed by atoms with van der Waals surface area (Å²) in [7, 11) is 1.32. The molecule has 0 aromatic rings. The number of rotatable bonds is 11. The Kier molecular flexibility index (Phi) is 14.2. The first-order chi connectivity index (χ1) is 23.1. The Balaban J connectivity index is 0.000000278. The molecule has 4 aliphatic rings. The average Bonchev–Trinajstić information content (AvgIpc) is 3.74. The summed E-state index contributed by atoms with van der Waals surface area (Å²) in [4.78, 5) is 67.5. The van der Waals surface area contributed by atoms with E-state index in [2.05, 4.69) is 52.3 Å². The number of hydrogen-bond donors (Lipinski definition) is 4. The van der Waals surface area contributed by atoms with Crippen LogP contribution in [0.25, 0.3) is 0 Å². The molecule has 4 fully saturated rings. The van der Waals surface area contributed by atoms with Crippen LogP contribution in [0.15, 0.2) is 0 Å². The van der Waals surface area contributed by atoms with E-state index in [0.717, 1.165) is 12.8 Å². The monoisotopic (exact) mass is 727 g/mol. The van der Waals surface area contributed by atoms with Crippen molar-refractivity contribution in [3.05, 3.63) is 0 Å². The number of carbonyl (C=O) groups is 5. The van der Waals surface area contributed by atoms with Crippen molar-refractivity contribution in [3.63, 3.8) is 0 Å². The number of carbonyl (C=O) groups excluding carboxylic acids is 5. The second-order valence-electron chi connectivity index (χ2n) is 16.8. The van der Waals surface area contributed by atoms with Crippen LogP contribution < -0.4 is 15.4 Å². The van der Waals surface area contributed by atoms with Crippen molar-refractivity contribution in [2.45, 2.75) is 106 Å². The van der Waals surface area contributed by atoms with Crippen LogP contribution in [0.1, 0.15) is 89.0 Å². The molecule has 0 aromatic carbocycles. The highest BCUT2D eigenvalue weighted by Crippen LogP contribution is 2.59. The molecule has 0 spiro atoms. The number of aliphatic hydroxyl groups excluding tert-OH is 1. The lowest BCUT2D eigenvalue weighted by atomic mass is 9.69. The zero-order chi connectivity index (χ0) is 37.9. The van der Waals surface area contributed by atoms with E-state index in [1.807, 2.05) is 41.5 Å². The normalized spacial score (nSPS) is 34.7. The van der Waals surface area contributed by atoms with Gasteiger partial charge in [-0.2, -0.15) is 0 Å². The fourth-order valence-corrected chi connectivity index (χ4v) is 9.32. The van der Waals surface area contributed by atoms with Crippen LogP contribution in [-0.4, -0.2) is 72.3 Å². The number of hydrogen-bond acceptors (Lipinski definition) is 11. The number of amides is 3. The van der Waals surface area contributed by atoms with Crippen molar-refractivity contribution in [3.8, 4) is 0 Å². The number of aliphatic hydroxyl groups is 1. The summed E-state index contributed by atoms with van der Waals surface area (Å²) < 4.78 is 18.1. The Hall–Kier alpha value is -2.42. The number of esters is 2. The van der Waals surface area contributed by atoms with Crippen molar-refractivity contribution in [2.75, 3.05) is 20.3 Å². The molecule has 4 bridgehead atoms. The maximum atomic E-state index is 13.1. The third-order valence-corrected chi connectivity index (χ3v) is 11.9. The Morgan fingerprint density at radius 1 is 0.720 bits per heavy atom. The molecule has 13 atom stereocenters. The van der Waals surface area contributed by atoms with Gasteiger partial charge in [-0.25, -0.2) is 4.89 Å². The van der Waals surface area contributed by atoms with Gasteiger partial charge in [-0.15, -0.1) is 4.33 Å². The van der Waals surface area contributed by atoms with E-state index in [4.69, 9.17) is 14.6 Å². The molecule has 286 valence electrons. The van der Waals surface area contributed by atoms with Gasteiger partial charge in [0.2, 0.25) is 11.8 Å². The smallest absolute Gasteiger partial charge is 0.310 e. The fraction of sp³-hybridized carbons (Fsp3) is 0.861. The van der Waals surface area contributed by atoms with Crippen molar-refractivity contribution < 1.29 is 47.8 Å². The highest BCUT2D eigenvalue weighted by atomic mass is 32.2. The van der Waals surface area contributed by atoms with Crippen LogP contribution in [0.3, 0.4) is 0 Å². The molecule has 13 nitrogen and oxygen atoms in total. The molecule has 3 amide bonds. The summed E-state index contributed by atoms with van der Waals surface area (Å²) in [6, 6.07) is -0.772. The van der Waals surface area contributed by atoms with E-state index in [1.54, 1.807) is 6.92 Å². The lowest BCUT2D eigenvalue weighted by Gasteiger charge is -2.37. The van der Waals surface area contributed by atoms with Gasteiger partial charge in [-0.1, -0.05) is 27.7 Å². The maximum Gasteiger partial charge on any atom is 0.310 e. The Morgan fingerprint density at radius 2 is 1.12 bits per heavy atom. The molecule has 14 heteroatoms. The van der Waals surface area contributed by atoms with Gasteiger partial charge in [0.05, 0.1) is 37.4 Å². The van der Waals surface area contributed by atoms with Gasteiger partial charge in [-0.05, 0) is 109 Å². The molecular formula is C36H61N3O10S. The molecular weight excluding hydrogens is 666 g/mol. The summed E-state index contributed by atoms with van der Waals surface area (Å²) in [5.41, 5.74) is -1.15. The number of fused-ring (bicyclic) bond motifs is 4. The molecule has 0 radical (unpaired) electrons. The molecule has 0 aliphatic heterocycles. The molecule has 0 saturated heterocycles. The number of nitrogens with one attached hydrogen (secondary N) is 3. The summed E-state index contributed by atoms with van der Waals surface area (Å²) in [6.45, 7) is 21.4. The summed E-state index contributed by atoms with van der Waals surface area (Å²) >= 11 is 0.626. The molecule has 4 N–H and O–H groups in total. The quantitative estimate of drug-likeness (QED) is 0.0607. The molecule has 4 aliphatic carbocycles. The molecule has 13 unspecified atom stereocenters. The van der Waals surface area contributed by atoms with E-state index >= 15 is 0 Å². The second-order valence-corrected chi connectivity index (χ2v) is 17.3. The summed E-state index contributed by atoms with van der Waals surface area (Å²) in [5, 5.41) is 14.4. The van der Waals surface area contributed by atoms with Gasteiger partial charge in [0.1, 0.15) is 17.2 Å². The van der Waals surface area contributed by atoms with Gasteiger partial charge < -0.3 is 25.2 Å².